The normalized spacial score (nSPS) is 41.5. The number of esters is 1. The van der Waals surface area contributed by atoms with Gasteiger partial charge in [0.15, 0.2) is 0 Å². The number of hydrogen-bond acceptors (Lipinski definition) is 3. The SMILES string of the molecule is CC(=O)OC1/C=C(\C)CCC2C(/C=C(\C)[C@@H]1O)C2(C)C. The molecule has 0 aliphatic heterocycles. The predicted molar refractivity (Wildman–Crippen MR) is 79.1 cm³/mol. The Hall–Kier alpha value is -1.09. The highest BCUT2D eigenvalue weighted by Gasteiger charge is 2.55. The van der Waals surface area contributed by atoms with E-state index in [9.17, 15) is 9.90 Å². The Labute approximate surface area is 121 Å². The van der Waals surface area contributed by atoms with Crippen LogP contribution in [-0.4, -0.2) is 23.3 Å². The molecule has 0 aromatic rings. The van der Waals surface area contributed by atoms with Gasteiger partial charge in [-0.25, -0.2) is 0 Å². The average Bonchev–Trinajstić information content (AvgIpc) is 2.84. The average molecular weight is 278 g/mol. The Kier molecular flexibility index (Phi) is 4.10. The highest BCUT2D eigenvalue weighted by atomic mass is 16.6. The fourth-order valence-electron chi connectivity index (χ4n) is 3.44. The lowest BCUT2D eigenvalue weighted by molar-refractivity contribution is -0.147. The summed E-state index contributed by atoms with van der Waals surface area (Å²) >= 11 is 0. The van der Waals surface area contributed by atoms with Gasteiger partial charge in [-0.05, 0) is 55.6 Å². The summed E-state index contributed by atoms with van der Waals surface area (Å²) in [6.07, 6.45) is 4.93. The van der Waals surface area contributed by atoms with E-state index in [2.05, 4.69) is 19.9 Å². The van der Waals surface area contributed by atoms with Crippen molar-refractivity contribution in [2.24, 2.45) is 17.3 Å². The van der Waals surface area contributed by atoms with Crippen molar-refractivity contribution in [3.8, 4) is 0 Å². The first-order valence-electron chi connectivity index (χ1n) is 7.44. The number of carbonyl (C=O) groups excluding carboxylic acids is 1. The van der Waals surface area contributed by atoms with Gasteiger partial charge in [-0.2, -0.15) is 0 Å². The first kappa shape index (κ1) is 15.3. The summed E-state index contributed by atoms with van der Waals surface area (Å²) in [6.45, 7) is 9.94. The Balaban J connectivity index is 2.27. The quantitative estimate of drug-likeness (QED) is 0.591. The number of allylic oxidation sites excluding steroid dienone is 2. The van der Waals surface area contributed by atoms with Crippen LogP contribution in [0.5, 0.6) is 0 Å². The number of rotatable bonds is 1. The van der Waals surface area contributed by atoms with E-state index in [1.54, 1.807) is 0 Å². The molecule has 0 radical (unpaired) electrons. The number of fused-ring (bicyclic) bond motifs is 1. The Morgan fingerprint density at radius 3 is 2.60 bits per heavy atom. The van der Waals surface area contributed by atoms with E-state index in [-0.39, 0.29) is 5.97 Å². The fourth-order valence-corrected chi connectivity index (χ4v) is 3.44. The molecule has 0 saturated heterocycles. The lowest BCUT2D eigenvalue weighted by Crippen LogP contribution is -2.30. The number of aliphatic hydroxyl groups excluding tert-OH is 1. The van der Waals surface area contributed by atoms with Gasteiger partial charge >= 0.3 is 5.97 Å². The van der Waals surface area contributed by atoms with Crippen molar-refractivity contribution >= 4 is 5.97 Å². The minimum Gasteiger partial charge on any atom is -0.455 e. The highest BCUT2D eigenvalue weighted by Crippen LogP contribution is 2.61. The van der Waals surface area contributed by atoms with Crippen LogP contribution in [0.4, 0.5) is 0 Å². The first-order chi connectivity index (χ1) is 9.23. The zero-order valence-electron chi connectivity index (χ0n) is 13.1. The summed E-state index contributed by atoms with van der Waals surface area (Å²) < 4.78 is 5.27. The fraction of sp³-hybridized carbons (Fsp3) is 0.706. The molecule has 3 heteroatoms. The molecule has 2 rings (SSSR count). The second-order valence-electron chi connectivity index (χ2n) is 6.93. The van der Waals surface area contributed by atoms with Gasteiger partial charge in [0, 0.05) is 6.92 Å². The molecule has 0 amide bonds. The van der Waals surface area contributed by atoms with Gasteiger partial charge in [0.25, 0.3) is 0 Å². The van der Waals surface area contributed by atoms with Crippen molar-refractivity contribution in [3.63, 3.8) is 0 Å². The molecule has 0 bridgehead atoms. The van der Waals surface area contributed by atoms with Crippen LogP contribution in [0, 0.1) is 17.3 Å². The van der Waals surface area contributed by atoms with Gasteiger partial charge in [0.2, 0.25) is 0 Å². The molecular formula is C17H26O3. The number of ether oxygens (including phenoxy) is 1. The molecule has 1 fully saturated rings. The third-order valence-electron chi connectivity index (χ3n) is 4.96. The molecule has 0 spiro atoms. The smallest absolute Gasteiger partial charge is 0.303 e. The zero-order chi connectivity index (χ0) is 15.1. The van der Waals surface area contributed by atoms with Crippen LogP contribution in [0.1, 0.15) is 47.5 Å². The minimum atomic E-state index is -0.746. The Morgan fingerprint density at radius 2 is 2.00 bits per heavy atom. The Bertz CT molecular complexity index is 459. The van der Waals surface area contributed by atoms with Crippen molar-refractivity contribution in [1.29, 1.82) is 0 Å². The third-order valence-corrected chi connectivity index (χ3v) is 4.96. The molecule has 0 aromatic heterocycles. The van der Waals surface area contributed by atoms with Crippen molar-refractivity contribution in [2.45, 2.75) is 59.7 Å². The van der Waals surface area contributed by atoms with Crippen LogP contribution >= 0.6 is 0 Å². The summed E-state index contributed by atoms with van der Waals surface area (Å²) in [4.78, 5) is 11.2. The molecule has 3 nitrogen and oxygen atoms in total. The van der Waals surface area contributed by atoms with Gasteiger partial charge in [0.1, 0.15) is 12.2 Å². The van der Waals surface area contributed by atoms with E-state index >= 15 is 0 Å². The van der Waals surface area contributed by atoms with E-state index in [1.165, 1.54) is 12.5 Å². The van der Waals surface area contributed by atoms with Crippen LogP contribution in [-0.2, 0) is 9.53 Å². The van der Waals surface area contributed by atoms with Crippen LogP contribution in [0.2, 0.25) is 0 Å². The molecule has 112 valence electrons. The second kappa shape index (κ2) is 5.36. The maximum atomic E-state index is 11.2. The summed E-state index contributed by atoms with van der Waals surface area (Å²) in [7, 11) is 0. The van der Waals surface area contributed by atoms with Crippen molar-refractivity contribution < 1.29 is 14.6 Å². The maximum Gasteiger partial charge on any atom is 0.303 e. The topological polar surface area (TPSA) is 46.5 Å². The standard InChI is InChI=1S/C17H26O3/c1-10-6-7-13-14(17(13,4)5)9-11(2)16(19)15(8-10)20-12(3)18/h8-9,13-16,19H,6-7H2,1-5H3/b10-8+,11-9+/t13?,14?,15?,16-/m0/s1. The molecule has 0 aromatic carbocycles. The van der Waals surface area contributed by atoms with Gasteiger partial charge in [-0.3, -0.25) is 4.79 Å². The van der Waals surface area contributed by atoms with Crippen molar-refractivity contribution in [2.75, 3.05) is 0 Å². The van der Waals surface area contributed by atoms with Crippen molar-refractivity contribution in [3.05, 3.63) is 23.3 Å². The molecule has 3 unspecified atom stereocenters. The van der Waals surface area contributed by atoms with Crippen molar-refractivity contribution in [1.82, 2.24) is 0 Å². The molecule has 2 aliphatic rings. The summed E-state index contributed by atoms with van der Waals surface area (Å²) in [5.41, 5.74) is 2.41. The molecule has 0 heterocycles. The summed E-state index contributed by atoms with van der Waals surface area (Å²) in [5.74, 6) is 0.867. The third kappa shape index (κ3) is 2.98. The zero-order valence-corrected chi connectivity index (χ0v) is 13.1. The van der Waals surface area contributed by atoms with E-state index in [4.69, 9.17) is 4.74 Å². The lowest BCUT2D eigenvalue weighted by Gasteiger charge is -2.22. The number of carbonyl (C=O) groups is 1. The monoisotopic (exact) mass is 278 g/mol. The molecule has 4 atom stereocenters. The summed E-state index contributed by atoms with van der Waals surface area (Å²) in [6, 6.07) is 0. The second-order valence-corrected chi connectivity index (χ2v) is 6.93. The van der Waals surface area contributed by atoms with E-state index in [1.807, 2.05) is 19.9 Å². The van der Waals surface area contributed by atoms with E-state index < -0.39 is 12.2 Å². The van der Waals surface area contributed by atoms with E-state index in [0.717, 1.165) is 18.4 Å². The molecular weight excluding hydrogens is 252 g/mol. The first-order valence-corrected chi connectivity index (χ1v) is 7.44. The van der Waals surface area contributed by atoms with Gasteiger partial charge in [0.05, 0.1) is 0 Å². The maximum absolute atomic E-state index is 11.2. The number of hydrogen-bond donors (Lipinski definition) is 1. The van der Waals surface area contributed by atoms with Gasteiger partial charge in [-0.15, -0.1) is 0 Å². The molecule has 20 heavy (non-hydrogen) atoms. The van der Waals surface area contributed by atoms with Crippen LogP contribution < -0.4 is 0 Å². The number of aliphatic hydroxyl groups is 1. The highest BCUT2D eigenvalue weighted by molar-refractivity contribution is 5.66. The molecule has 1 N–H and O–H groups in total. The summed E-state index contributed by atoms with van der Waals surface area (Å²) in [5, 5.41) is 10.4. The largest absolute Gasteiger partial charge is 0.455 e. The van der Waals surface area contributed by atoms with E-state index in [0.29, 0.717) is 17.3 Å². The predicted octanol–water partition coefficient (Wildman–Crippen LogP) is 3.24. The van der Waals surface area contributed by atoms with Gasteiger partial charge < -0.3 is 9.84 Å². The van der Waals surface area contributed by atoms with Crippen LogP contribution in [0.25, 0.3) is 0 Å². The molecule has 2 aliphatic carbocycles. The molecule has 1 saturated carbocycles. The Morgan fingerprint density at radius 1 is 1.35 bits per heavy atom. The van der Waals surface area contributed by atoms with Gasteiger partial charge in [-0.1, -0.05) is 25.5 Å². The van der Waals surface area contributed by atoms with Crippen LogP contribution in [0.15, 0.2) is 23.3 Å². The minimum absolute atomic E-state index is 0.322. The lowest BCUT2D eigenvalue weighted by atomic mass is 9.97. The van der Waals surface area contributed by atoms with Crippen LogP contribution in [0.3, 0.4) is 0 Å².